The second-order valence-corrected chi connectivity index (χ2v) is 7.77. The van der Waals surface area contributed by atoms with E-state index in [0.717, 1.165) is 12.8 Å². The number of hydrogen-bond donors (Lipinski definition) is 1. The van der Waals surface area contributed by atoms with Crippen molar-refractivity contribution in [3.05, 3.63) is 23.2 Å². The van der Waals surface area contributed by atoms with E-state index in [2.05, 4.69) is 0 Å². The molecule has 5 nitrogen and oxygen atoms in total. The maximum atomic E-state index is 12.7. The van der Waals surface area contributed by atoms with E-state index in [9.17, 15) is 8.42 Å². The van der Waals surface area contributed by atoms with E-state index < -0.39 is 10.0 Å². The minimum atomic E-state index is -3.54. The van der Waals surface area contributed by atoms with Crippen molar-refractivity contribution >= 4 is 21.6 Å². The number of nitrogens with zero attached hydrogens (tertiary/aromatic N) is 1. The number of benzene rings is 1. The predicted octanol–water partition coefficient (Wildman–Crippen LogP) is 2.10. The molecule has 0 radical (unpaired) electrons. The molecule has 1 aromatic carbocycles. The first-order valence-corrected chi connectivity index (χ1v) is 8.77. The molecule has 2 rings (SSSR count). The fraction of sp³-hybridized carbons (Fsp3) is 0.571. The van der Waals surface area contributed by atoms with Gasteiger partial charge in [-0.3, -0.25) is 0 Å². The molecule has 1 aromatic rings. The monoisotopic (exact) mass is 332 g/mol. The van der Waals surface area contributed by atoms with E-state index in [1.165, 1.54) is 23.5 Å². The van der Waals surface area contributed by atoms with Crippen molar-refractivity contribution in [1.29, 1.82) is 0 Å². The number of nitrogens with two attached hydrogens (primary N) is 1. The highest BCUT2D eigenvalue weighted by atomic mass is 35.5. The third-order valence-corrected chi connectivity index (χ3v) is 6.08. The summed E-state index contributed by atoms with van der Waals surface area (Å²) in [4.78, 5) is 0.193. The Balaban J connectivity index is 2.27. The van der Waals surface area contributed by atoms with Crippen LogP contribution in [0.4, 0.5) is 0 Å². The van der Waals surface area contributed by atoms with Crippen LogP contribution in [-0.2, 0) is 10.0 Å². The molecule has 1 heterocycles. The average molecular weight is 333 g/mol. The van der Waals surface area contributed by atoms with Crippen molar-refractivity contribution in [2.45, 2.75) is 30.7 Å². The molecule has 2 N–H and O–H groups in total. The van der Waals surface area contributed by atoms with E-state index in [-0.39, 0.29) is 16.9 Å². The lowest BCUT2D eigenvalue weighted by molar-refractivity contribution is 0.243. The van der Waals surface area contributed by atoms with Crippen LogP contribution in [0.2, 0.25) is 5.02 Å². The van der Waals surface area contributed by atoms with E-state index >= 15 is 0 Å². The Morgan fingerprint density at radius 2 is 2.19 bits per heavy atom. The highest BCUT2D eigenvalue weighted by molar-refractivity contribution is 7.89. The van der Waals surface area contributed by atoms with Gasteiger partial charge in [-0.1, -0.05) is 11.6 Å². The molecule has 0 bridgehead atoms. The van der Waals surface area contributed by atoms with Crippen molar-refractivity contribution in [2.75, 3.05) is 20.2 Å². The van der Waals surface area contributed by atoms with Crippen molar-refractivity contribution in [3.8, 4) is 5.75 Å². The molecular formula is C14H21ClN2O3S. The van der Waals surface area contributed by atoms with Gasteiger partial charge in [-0.2, -0.15) is 4.31 Å². The van der Waals surface area contributed by atoms with Gasteiger partial charge in [-0.05, 0) is 43.9 Å². The van der Waals surface area contributed by atoms with Crippen LogP contribution < -0.4 is 10.5 Å². The number of hydrogen-bond acceptors (Lipinski definition) is 4. The van der Waals surface area contributed by atoms with Crippen LogP contribution in [0.25, 0.3) is 0 Å². The van der Waals surface area contributed by atoms with Gasteiger partial charge in [-0.25, -0.2) is 8.42 Å². The van der Waals surface area contributed by atoms with Crippen molar-refractivity contribution in [2.24, 2.45) is 11.7 Å². The van der Waals surface area contributed by atoms with Crippen LogP contribution in [-0.4, -0.2) is 39.0 Å². The zero-order chi connectivity index (χ0) is 15.6. The van der Waals surface area contributed by atoms with Gasteiger partial charge in [0, 0.05) is 19.1 Å². The van der Waals surface area contributed by atoms with Crippen molar-refractivity contribution < 1.29 is 13.2 Å². The Hall–Kier alpha value is -0.820. The molecule has 118 valence electrons. The quantitative estimate of drug-likeness (QED) is 0.916. The first-order valence-electron chi connectivity index (χ1n) is 6.95. The Labute approximate surface area is 131 Å². The second kappa shape index (κ2) is 6.52. The van der Waals surface area contributed by atoms with Gasteiger partial charge < -0.3 is 10.5 Å². The number of rotatable bonds is 4. The maximum Gasteiger partial charge on any atom is 0.243 e. The lowest BCUT2D eigenvalue weighted by Gasteiger charge is -2.33. The lowest BCUT2D eigenvalue weighted by Crippen LogP contribution is -2.44. The second-order valence-electron chi connectivity index (χ2n) is 5.42. The van der Waals surface area contributed by atoms with Gasteiger partial charge in [0.05, 0.1) is 17.0 Å². The van der Waals surface area contributed by atoms with E-state index in [0.29, 0.717) is 23.9 Å². The first-order chi connectivity index (χ1) is 9.86. The van der Waals surface area contributed by atoms with Crippen LogP contribution in [0.5, 0.6) is 5.75 Å². The molecule has 1 aliphatic rings. The summed E-state index contributed by atoms with van der Waals surface area (Å²) in [5, 5.41) is 0.291. The van der Waals surface area contributed by atoms with Crippen LogP contribution in [0.15, 0.2) is 23.1 Å². The zero-order valence-corrected chi connectivity index (χ0v) is 13.8. The standard InChI is InChI=1S/C14H21ClN2O3S/c1-10(16)11-4-3-7-17(9-11)21(18,19)12-5-6-14(20-2)13(15)8-12/h5-6,8,10-11H,3-4,7,9,16H2,1-2H3/t10-,11+/m1/s1. The maximum absolute atomic E-state index is 12.7. The number of piperidine rings is 1. The van der Waals surface area contributed by atoms with Crippen LogP contribution >= 0.6 is 11.6 Å². The number of sulfonamides is 1. The van der Waals surface area contributed by atoms with Crippen molar-refractivity contribution in [3.63, 3.8) is 0 Å². The fourth-order valence-corrected chi connectivity index (χ4v) is 4.46. The molecule has 0 saturated carbocycles. The summed E-state index contributed by atoms with van der Waals surface area (Å²) in [6.07, 6.45) is 1.79. The SMILES string of the molecule is COc1ccc(S(=O)(=O)N2CCC[C@H]([C@@H](C)N)C2)cc1Cl. The predicted molar refractivity (Wildman–Crippen MR) is 83.1 cm³/mol. The molecule has 0 spiro atoms. The van der Waals surface area contributed by atoms with Gasteiger partial charge in [0.25, 0.3) is 0 Å². The Bertz CT molecular complexity index is 604. The van der Waals surface area contributed by atoms with E-state index in [1.807, 2.05) is 6.92 Å². The molecule has 7 heteroatoms. The molecule has 1 saturated heterocycles. The summed E-state index contributed by atoms with van der Waals surface area (Å²) in [6.45, 7) is 2.91. The van der Waals surface area contributed by atoms with Crippen LogP contribution in [0.1, 0.15) is 19.8 Å². The molecule has 1 fully saturated rings. The summed E-state index contributed by atoms with van der Waals surface area (Å²) < 4.78 is 31.9. The molecule has 21 heavy (non-hydrogen) atoms. The molecule has 1 aliphatic heterocycles. The molecule has 0 aliphatic carbocycles. The minimum Gasteiger partial charge on any atom is -0.495 e. The topological polar surface area (TPSA) is 72.6 Å². The average Bonchev–Trinajstić information content (AvgIpc) is 2.47. The summed E-state index contributed by atoms with van der Waals surface area (Å²) in [5.41, 5.74) is 5.91. The number of ether oxygens (including phenoxy) is 1. The fourth-order valence-electron chi connectivity index (χ4n) is 2.58. The van der Waals surface area contributed by atoms with Gasteiger partial charge in [0.1, 0.15) is 5.75 Å². The molecule has 0 unspecified atom stereocenters. The Morgan fingerprint density at radius 1 is 1.48 bits per heavy atom. The summed E-state index contributed by atoms with van der Waals surface area (Å²) in [5.74, 6) is 0.657. The Morgan fingerprint density at radius 3 is 2.76 bits per heavy atom. The third kappa shape index (κ3) is 3.51. The van der Waals surface area contributed by atoms with Crippen LogP contribution in [0, 0.1) is 5.92 Å². The zero-order valence-electron chi connectivity index (χ0n) is 12.3. The first kappa shape index (κ1) is 16.5. The van der Waals surface area contributed by atoms with E-state index in [1.54, 1.807) is 6.07 Å². The van der Waals surface area contributed by atoms with Gasteiger partial charge >= 0.3 is 0 Å². The molecule has 0 aromatic heterocycles. The molecular weight excluding hydrogens is 312 g/mol. The lowest BCUT2D eigenvalue weighted by atomic mass is 9.93. The molecule has 0 amide bonds. The van der Waals surface area contributed by atoms with Crippen molar-refractivity contribution in [1.82, 2.24) is 4.31 Å². The smallest absolute Gasteiger partial charge is 0.243 e. The molecule has 2 atom stereocenters. The number of methoxy groups -OCH3 is 1. The van der Waals surface area contributed by atoms with Gasteiger partial charge in [-0.15, -0.1) is 0 Å². The van der Waals surface area contributed by atoms with E-state index in [4.69, 9.17) is 22.1 Å². The number of halogens is 1. The Kier molecular flexibility index (Phi) is 5.14. The highest BCUT2D eigenvalue weighted by Crippen LogP contribution is 2.30. The normalized spacial score (nSPS) is 22.0. The van der Waals surface area contributed by atoms with Gasteiger partial charge in [0.2, 0.25) is 10.0 Å². The van der Waals surface area contributed by atoms with Crippen LogP contribution in [0.3, 0.4) is 0 Å². The minimum absolute atomic E-state index is 0.0116. The summed E-state index contributed by atoms with van der Waals surface area (Å²) in [6, 6.07) is 4.52. The third-order valence-electron chi connectivity index (χ3n) is 3.93. The largest absolute Gasteiger partial charge is 0.495 e. The summed E-state index contributed by atoms with van der Waals surface area (Å²) >= 11 is 6.03. The highest BCUT2D eigenvalue weighted by Gasteiger charge is 2.31. The van der Waals surface area contributed by atoms with Gasteiger partial charge in [0.15, 0.2) is 0 Å². The summed E-state index contributed by atoms with van der Waals surface area (Å²) in [7, 11) is -2.04.